The highest BCUT2D eigenvalue weighted by molar-refractivity contribution is 5.41. The van der Waals surface area contributed by atoms with Crippen LogP contribution in [-0.2, 0) is 0 Å². The summed E-state index contributed by atoms with van der Waals surface area (Å²) in [5.74, 6) is 6.59. The van der Waals surface area contributed by atoms with Crippen LogP contribution in [0.25, 0.3) is 0 Å². The van der Waals surface area contributed by atoms with Gasteiger partial charge in [-0.15, -0.1) is 0 Å². The first-order chi connectivity index (χ1) is 9.63. The van der Waals surface area contributed by atoms with E-state index in [2.05, 4.69) is 10.4 Å². The summed E-state index contributed by atoms with van der Waals surface area (Å²) in [6.45, 7) is 6.04. The van der Waals surface area contributed by atoms with Crippen LogP contribution in [0.4, 0.5) is 0 Å². The molecule has 1 unspecified atom stereocenters. The largest absolute Gasteiger partial charge is 0.491 e. The Balaban J connectivity index is 2.45. The number of rotatable bonds is 5. The minimum Gasteiger partial charge on any atom is -0.491 e. The molecule has 4 heteroatoms. The maximum Gasteiger partial charge on any atom is 0.124 e. The van der Waals surface area contributed by atoms with Gasteiger partial charge in [0.25, 0.3) is 0 Å². The molecule has 1 atom stereocenters. The van der Waals surface area contributed by atoms with Crippen molar-refractivity contribution in [1.82, 2.24) is 10.4 Å². The van der Waals surface area contributed by atoms with Crippen LogP contribution in [-0.4, -0.2) is 11.1 Å². The van der Waals surface area contributed by atoms with E-state index in [0.29, 0.717) is 0 Å². The summed E-state index contributed by atoms with van der Waals surface area (Å²) in [6, 6.07) is 11.7. The second kappa shape index (κ2) is 6.50. The number of hydrogen-bond acceptors (Lipinski definition) is 4. The fraction of sp³-hybridized carbons (Fsp3) is 0.312. The number of nitrogens with one attached hydrogen (secondary N) is 1. The van der Waals surface area contributed by atoms with Crippen molar-refractivity contribution < 1.29 is 4.74 Å². The molecular weight excluding hydrogens is 250 g/mol. The minimum atomic E-state index is -0.189. The predicted octanol–water partition coefficient (Wildman–Crippen LogP) is 2.73. The number of benzene rings is 1. The van der Waals surface area contributed by atoms with E-state index in [1.54, 1.807) is 6.20 Å². The van der Waals surface area contributed by atoms with E-state index in [4.69, 9.17) is 10.6 Å². The molecule has 1 heterocycles. The van der Waals surface area contributed by atoms with Gasteiger partial charge in [-0.1, -0.05) is 24.3 Å². The molecule has 1 aromatic carbocycles. The van der Waals surface area contributed by atoms with Crippen LogP contribution in [0.5, 0.6) is 5.75 Å². The number of nitrogens with zero attached hydrogens (tertiary/aromatic N) is 1. The van der Waals surface area contributed by atoms with Gasteiger partial charge in [0.05, 0.1) is 17.8 Å². The van der Waals surface area contributed by atoms with Crippen LogP contribution < -0.4 is 16.0 Å². The standard InChI is InChI=1S/C16H21N3O/c1-11(2)20-14-9-5-4-8-13(14)16(19-17)15-12(3)7-6-10-18-15/h4-11,16,19H,17H2,1-3H3. The molecule has 20 heavy (non-hydrogen) atoms. The summed E-state index contributed by atoms with van der Waals surface area (Å²) in [6.07, 6.45) is 1.89. The number of nitrogens with two attached hydrogens (primary N) is 1. The third kappa shape index (κ3) is 3.15. The van der Waals surface area contributed by atoms with Gasteiger partial charge in [-0.25, -0.2) is 5.43 Å². The Hall–Kier alpha value is -1.91. The van der Waals surface area contributed by atoms with Crippen molar-refractivity contribution in [2.45, 2.75) is 32.9 Å². The maximum atomic E-state index is 5.87. The van der Waals surface area contributed by atoms with Gasteiger partial charge in [0.2, 0.25) is 0 Å². The van der Waals surface area contributed by atoms with Crippen molar-refractivity contribution in [2.24, 2.45) is 5.84 Å². The monoisotopic (exact) mass is 271 g/mol. The third-order valence-electron chi connectivity index (χ3n) is 3.08. The van der Waals surface area contributed by atoms with Gasteiger partial charge in [-0.2, -0.15) is 0 Å². The van der Waals surface area contributed by atoms with Crippen molar-refractivity contribution in [3.05, 3.63) is 59.4 Å². The average molecular weight is 271 g/mol. The zero-order valence-electron chi connectivity index (χ0n) is 12.1. The van der Waals surface area contributed by atoms with Gasteiger partial charge < -0.3 is 4.74 Å². The van der Waals surface area contributed by atoms with Gasteiger partial charge in [0, 0.05) is 11.8 Å². The Kier molecular flexibility index (Phi) is 4.71. The number of ether oxygens (including phenoxy) is 1. The van der Waals surface area contributed by atoms with E-state index in [1.807, 2.05) is 57.2 Å². The lowest BCUT2D eigenvalue weighted by molar-refractivity contribution is 0.238. The highest BCUT2D eigenvalue weighted by Gasteiger charge is 2.20. The summed E-state index contributed by atoms with van der Waals surface area (Å²) in [5.41, 5.74) is 5.84. The first kappa shape index (κ1) is 14.5. The summed E-state index contributed by atoms with van der Waals surface area (Å²) in [5, 5.41) is 0. The molecule has 0 radical (unpaired) electrons. The predicted molar refractivity (Wildman–Crippen MR) is 80.3 cm³/mol. The van der Waals surface area contributed by atoms with Crippen molar-refractivity contribution >= 4 is 0 Å². The van der Waals surface area contributed by atoms with E-state index in [0.717, 1.165) is 22.6 Å². The second-order valence-electron chi connectivity index (χ2n) is 5.01. The highest BCUT2D eigenvalue weighted by atomic mass is 16.5. The maximum absolute atomic E-state index is 5.87. The Bertz CT molecular complexity index is 569. The summed E-state index contributed by atoms with van der Waals surface area (Å²) in [4.78, 5) is 4.45. The number of para-hydroxylation sites is 1. The first-order valence-electron chi connectivity index (χ1n) is 6.76. The molecule has 0 saturated carbocycles. The molecule has 0 spiro atoms. The average Bonchev–Trinajstić information content (AvgIpc) is 2.43. The molecular formula is C16H21N3O. The van der Waals surface area contributed by atoms with E-state index in [9.17, 15) is 0 Å². The minimum absolute atomic E-state index is 0.111. The fourth-order valence-electron chi connectivity index (χ4n) is 2.20. The molecule has 0 aliphatic heterocycles. The van der Waals surface area contributed by atoms with E-state index >= 15 is 0 Å². The fourth-order valence-corrected chi connectivity index (χ4v) is 2.20. The van der Waals surface area contributed by atoms with Gasteiger partial charge in [0.15, 0.2) is 0 Å². The van der Waals surface area contributed by atoms with E-state index in [1.165, 1.54) is 0 Å². The molecule has 1 aromatic heterocycles. The Morgan fingerprint density at radius 2 is 1.90 bits per heavy atom. The van der Waals surface area contributed by atoms with Crippen molar-refractivity contribution in [1.29, 1.82) is 0 Å². The highest BCUT2D eigenvalue weighted by Crippen LogP contribution is 2.30. The zero-order chi connectivity index (χ0) is 14.5. The van der Waals surface area contributed by atoms with E-state index in [-0.39, 0.29) is 12.1 Å². The van der Waals surface area contributed by atoms with Crippen molar-refractivity contribution in [2.75, 3.05) is 0 Å². The number of hydrazine groups is 1. The molecule has 0 fully saturated rings. The SMILES string of the molecule is Cc1cccnc1C(NN)c1ccccc1OC(C)C. The molecule has 0 aliphatic rings. The van der Waals surface area contributed by atoms with Crippen molar-refractivity contribution in [3.8, 4) is 5.75 Å². The topological polar surface area (TPSA) is 60.2 Å². The molecule has 2 aromatic rings. The van der Waals surface area contributed by atoms with Gasteiger partial charge in [-0.3, -0.25) is 10.8 Å². The van der Waals surface area contributed by atoms with Gasteiger partial charge in [0.1, 0.15) is 5.75 Å². The third-order valence-corrected chi connectivity index (χ3v) is 3.08. The number of aryl methyl sites for hydroxylation is 1. The molecule has 106 valence electrons. The molecule has 0 saturated heterocycles. The Labute approximate surface area is 120 Å². The summed E-state index contributed by atoms with van der Waals surface area (Å²) < 4.78 is 5.87. The molecule has 3 N–H and O–H groups in total. The summed E-state index contributed by atoms with van der Waals surface area (Å²) >= 11 is 0. The van der Waals surface area contributed by atoms with Crippen LogP contribution in [0.2, 0.25) is 0 Å². The van der Waals surface area contributed by atoms with Gasteiger partial charge in [-0.05, 0) is 38.5 Å². The number of pyridine rings is 1. The van der Waals surface area contributed by atoms with Crippen LogP contribution in [0.3, 0.4) is 0 Å². The lowest BCUT2D eigenvalue weighted by Gasteiger charge is -2.22. The summed E-state index contributed by atoms with van der Waals surface area (Å²) in [7, 11) is 0. The van der Waals surface area contributed by atoms with E-state index < -0.39 is 0 Å². The van der Waals surface area contributed by atoms with Crippen LogP contribution in [0.1, 0.15) is 36.7 Å². The van der Waals surface area contributed by atoms with Crippen molar-refractivity contribution in [3.63, 3.8) is 0 Å². The quantitative estimate of drug-likeness (QED) is 0.648. The number of aromatic nitrogens is 1. The zero-order valence-corrected chi connectivity index (χ0v) is 12.1. The molecule has 0 aliphatic carbocycles. The normalized spacial score (nSPS) is 12.4. The smallest absolute Gasteiger partial charge is 0.124 e. The first-order valence-corrected chi connectivity index (χ1v) is 6.76. The Morgan fingerprint density at radius 3 is 2.55 bits per heavy atom. The molecule has 0 amide bonds. The van der Waals surface area contributed by atoms with Crippen LogP contribution in [0.15, 0.2) is 42.6 Å². The lowest BCUT2D eigenvalue weighted by Crippen LogP contribution is -2.30. The van der Waals surface area contributed by atoms with Gasteiger partial charge >= 0.3 is 0 Å². The second-order valence-corrected chi connectivity index (χ2v) is 5.01. The number of hydrogen-bond donors (Lipinski definition) is 2. The molecule has 0 bridgehead atoms. The lowest BCUT2D eigenvalue weighted by atomic mass is 9.99. The molecule has 2 rings (SSSR count). The van der Waals surface area contributed by atoms with Crippen LogP contribution >= 0.6 is 0 Å². The Morgan fingerprint density at radius 1 is 1.15 bits per heavy atom. The van der Waals surface area contributed by atoms with Crippen LogP contribution in [0, 0.1) is 6.92 Å². The molecule has 4 nitrogen and oxygen atoms in total.